The Bertz CT molecular complexity index is 714. The molecule has 0 aromatic carbocycles. The van der Waals surface area contributed by atoms with E-state index in [1.54, 1.807) is 24.3 Å². The maximum atomic E-state index is 12.7. The first kappa shape index (κ1) is 17.2. The first-order valence-electron chi connectivity index (χ1n) is 8.22. The van der Waals surface area contributed by atoms with Crippen LogP contribution in [0.1, 0.15) is 16.8 Å². The van der Waals surface area contributed by atoms with Crippen molar-refractivity contribution in [1.29, 1.82) is 0 Å². The third-order valence-corrected chi connectivity index (χ3v) is 6.67. The average Bonchev–Trinajstić information content (AvgIpc) is 2.94. The molecule has 2 fully saturated rings. The molecular formula is C16H24N4O3S. The SMILES string of the molecule is CN1CCN(c2cncc(C(=O)N(C)C3CCS(=O)(=O)C3)c2)CC1. The maximum Gasteiger partial charge on any atom is 0.255 e. The van der Waals surface area contributed by atoms with Crippen LogP contribution in [0.25, 0.3) is 0 Å². The van der Waals surface area contributed by atoms with Gasteiger partial charge in [0, 0.05) is 45.5 Å². The fourth-order valence-electron chi connectivity index (χ4n) is 3.23. The summed E-state index contributed by atoms with van der Waals surface area (Å²) in [5, 5.41) is 0. The quantitative estimate of drug-likeness (QED) is 0.768. The van der Waals surface area contributed by atoms with Gasteiger partial charge in [0.1, 0.15) is 0 Å². The predicted molar refractivity (Wildman–Crippen MR) is 93.1 cm³/mol. The van der Waals surface area contributed by atoms with Crippen LogP contribution in [0, 0.1) is 0 Å². The summed E-state index contributed by atoms with van der Waals surface area (Å²) < 4.78 is 23.3. The maximum absolute atomic E-state index is 12.7. The van der Waals surface area contributed by atoms with Gasteiger partial charge in [0.15, 0.2) is 9.84 Å². The van der Waals surface area contributed by atoms with Crippen LogP contribution >= 0.6 is 0 Å². The van der Waals surface area contributed by atoms with E-state index in [9.17, 15) is 13.2 Å². The van der Waals surface area contributed by atoms with Crippen molar-refractivity contribution < 1.29 is 13.2 Å². The molecule has 2 saturated heterocycles. The molecule has 0 spiro atoms. The van der Waals surface area contributed by atoms with Crippen LogP contribution in [0.15, 0.2) is 18.5 Å². The lowest BCUT2D eigenvalue weighted by atomic mass is 10.1. The normalized spacial score (nSPS) is 24.1. The molecule has 7 nitrogen and oxygen atoms in total. The number of carbonyl (C=O) groups excluding carboxylic acids is 1. The van der Waals surface area contributed by atoms with Gasteiger partial charge in [0.05, 0.1) is 29.0 Å². The molecule has 3 heterocycles. The Balaban J connectivity index is 1.72. The zero-order valence-electron chi connectivity index (χ0n) is 14.2. The van der Waals surface area contributed by atoms with E-state index in [4.69, 9.17) is 0 Å². The minimum Gasteiger partial charge on any atom is -0.368 e. The first-order chi connectivity index (χ1) is 11.4. The summed E-state index contributed by atoms with van der Waals surface area (Å²) >= 11 is 0. The van der Waals surface area contributed by atoms with Gasteiger partial charge < -0.3 is 14.7 Å². The summed E-state index contributed by atoms with van der Waals surface area (Å²) in [5.74, 6) is 0.0518. The van der Waals surface area contributed by atoms with Gasteiger partial charge in [-0.3, -0.25) is 9.78 Å². The predicted octanol–water partition coefficient (Wildman–Crippen LogP) is 0.0925. The molecule has 0 N–H and O–H groups in total. The molecule has 2 aliphatic rings. The molecule has 1 aromatic heterocycles. The Morgan fingerprint density at radius 3 is 2.58 bits per heavy atom. The van der Waals surface area contributed by atoms with Gasteiger partial charge >= 0.3 is 0 Å². The van der Waals surface area contributed by atoms with Crippen molar-refractivity contribution in [2.24, 2.45) is 0 Å². The van der Waals surface area contributed by atoms with E-state index in [2.05, 4.69) is 21.8 Å². The van der Waals surface area contributed by atoms with Crippen molar-refractivity contribution in [2.45, 2.75) is 12.5 Å². The molecule has 0 bridgehead atoms. The van der Waals surface area contributed by atoms with Crippen molar-refractivity contribution in [3.05, 3.63) is 24.0 Å². The van der Waals surface area contributed by atoms with E-state index < -0.39 is 9.84 Å². The van der Waals surface area contributed by atoms with E-state index in [-0.39, 0.29) is 23.5 Å². The van der Waals surface area contributed by atoms with Crippen LogP contribution in [-0.4, -0.2) is 86.9 Å². The van der Waals surface area contributed by atoms with E-state index in [0.29, 0.717) is 12.0 Å². The molecule has 0 saturated carbocycles. The number of likely N-dealkylation sites (N-methyl/N-ethyl adjacent to an activating group) is 1. The van der Waals surface area contributed by atoms with Crippen molar-refractivity contribution in [3.63, 3.8) is 0 Å². The lowest BCUT2D eigenvalue weighted by molar-refractivity contribution is 0.0747. The Morgan fingerprint density at radius 2 is 1.96 bits per heavy atom. The molecule has 0 aliphatic carbocycles. The van der Waals surface area contributed by atoms with E-state index >= 15 is 0 Å². The number of nitrogens with zero attached hydrogens (tertiary/aromatic N) is 4. The fraction of sp³-hybridized carbons (Fsp3) is 0.625. The van der Waals surface area contributed by atoms with Gasteiger partial charge in [-0.2, -0.15) is 0 Å². The summed E-state index contributed by atoms with van der Waals surface area (Å²) in [7, 11) is 0.765. The van der Waals surface area contributed by atoms with Crippen LogP contribution < -0.4 is 4.90 Å². The molecule has 8 heteroatoms. The second kappa shape index (κ2) is 6.68. The monoisotopic (exact) mass is 352 g/mol. The lowest BCUT2D eigenvalue weighted by Crippen LogP contribution is -2.44. The highest BCUT2D eigenvalue weighted by atomic mass is 32.2. The number of pyridine rings is 1. The molecule has 1 amide bonds. The molecular weight excluding hydrogens is 328 g/mol. The second-order valence-corrected chi connectivity index (χ2v) is 8.92. The molecule has 3 rings (SSSR count). The molecule has 0 radical (unpaired) electrons. The summed E-state index contributed by atoms with van der Waals surface area (Å²) in [4.78, 5) is 23.0. The average molecular weight is 352 g/mol. The van der Waals surface area contributed by atoms with Crippen LogP contribution in [-0.2, 0) is 9.84 Å². The summed E-state index contributed by atoms with van der Waals surface area (Å²) in [5.41, 5.74) is 1.46. The highest BCUT2D eigenvalue weighted by molar-refractivity contribution is 7.91. The number of sulfone groups is 1. The number of rotatable bonds is 3. The van der Waals surface area contributed by atoms with E-state index in [0.717, 1.165) is 31.9 Å². The van der Waals surface area contributed by atoms with Crippen LogP contribution in [0.5, 0.6) is 0 Å². The number of hydrogen-bond donors (Lipinski definition) is 0. The Labute approximate surface area is 143 Å². The number of amides is 1. The molecule has 1 unspecified atom stereocenters. The van der Waals surface area contributed by atoms with Crippen molar-refractivity contribution in [3.8, 4) is 0 Å². The summed E-state index contributed by atoms with van der Waals surface area (Å²) in [6, 6.07) is 1.62. The van der Waals surface area contributed by atoms with Crippen molar-refractivity contribution in [2.75, 3.05) is 56.7 Å². The first-order valence-corrected chi connectivity index (χ1v) is 10.0. The highest BCUT2D eigenvalue weighted by Gasteiger charge is 2.33. The van der Waals surface area contributed by atoms with Crippen LogP contribution in [0.2, 0.25) is 0 Å². The zero-order valence-corrected chi connectivity index (χ0v) is 15.0. The molecule has 132 valence electrons. The van der Waals surface area contributed by atoms with Gasteiger partial charge in [-0.05, 0) is 19.5 Å². The molecule has 24 heavy (non-hydrogen) atoms. The molecule has 1 aromatic rings. The van der Waals surface area contributed by atoms with E-state index in [1.165, 1.54) is 0 Å². The van der Waals surface area contributed by atoms with Crippen LogP contribution in [0.4, 0.5) is 5.69 Å². The second-order valence-electron chi connectivity index (χ2n) is 6.70. The topological polar surface area (TPSA) is 73.8 Å². The fourth-order valence-corrected chi connectivity index (χ4v) is 5.01. The Kier molecular flexibility index (Phi) is 4.78. The number of piperazine rings is 1. The number of aromatic nitrogens is 1. The molecule has 2 aliphatic heterocycles. The molecule has 1 atom stereocenters. The minimum absolute atomic E-state index is 0.0564. The van der Waals surface area contributed by atoms with Crippen molar-refractivity contribution in [1.82, 2.24) is 14.8 Å². The number of carbonyl (C=O) groups is 1. The Morgan fingerprint density at radius 1 is 1.25 bits per heavy atom. The van der Waals surface area contributed by atoms with Gasteiger partial charge in [-0.25, -0.2) is 8.42 Å². The summed E-state index contributed by atoms with van der Waals surface area (Å²) in [6.45, 7) is 3.79. The third-order valence-electron chi connectivity index (χ3n) is 4.92. The smallest absolute Gasteiger partial charge is 0.255 e. The van der Waals surface area contributed by atoms with Gasteiger partial charge in [0.2, 0.25) is 0 Å². The zero-order chi connectivity index (χ0) is 17.3. The largest absolute Gasteiger partial charge is 0.368 e. The Hall–Kier alpha value is -1.67. The van der Waals surface area contributed by atoms with E-state index in [1.807, 2.05) is 6.07 Å². The van der Waals surface area contributed by atoms with Gasteiger partial charge in [-0.15, -0.1) is 0 Å². The van der Waals surface area contributed by atoms with Gasteiger partial charge in [0.25, 0.3) is 5.91 Å². The standard InChI is InChI=1S/C16H24N4O3S/c1-18-4-6-20(7-5-18)15-9-13(10-17-11-15)16(21)19(2)14-3-8-24(22,23)12-14/h9-11,14H,3-8,12H2,1-2H3. The minimum atomic E-state index is -3.01. The highest BCUT2D eigenvalue weighted by Crippen LogP contribution is 2.21. The van der Waals surface area contributed by atoms with Gasteiger partial charge in [-0.1, -0.05) is 0 Å². The van der Waals surface area contributed by atoms with Crippen molar-refractivity contribution >= 4 is 21.4 Å². The summed E-state index contributed by atoms with van der Waals surface area (Å²) in [6.07, 6.45) is 3.85. The number of anilines is 1. The third kappa shape index (κ3) is 3.70. The number of hydrogen-bond acceptors (Lipinski definition) is 6. The van der Waals surface area contributed by atoms with Crippen LogP contribution in [0.3, 0.4) is 0 Å². The lowest BCUT2D eigenvalue weighted by Gasteiger charge is -2.34.